The Kier molecular flexibility index (Phi) is 9.43. The molecule has 0 unspecified atom stereocenters. The summed E-state index contributed by atoms with van der Waals surface area (Å²) >= 11 is 0. The van der Waals surface area contributed by atoms with Crippen molar-refractivity contribution in [2.75, 3.05) is 33.3 Å². The predicted molar refractivity (Wildman–Crippen MR) is 131 cm³/mol. The minimum absolute atomic E-state index is 0.214. The van der Waals surface area contributed by atoms with Crippen molar-refractivity contribution in [1.29, 1.82) is 0 Å². The van der Waals surface area contributed by atoms with E-state index in [0.717, 1.165) is 50.5 Å². The van der Waals surface area contributed by atoms with E-state index in [-0.39, 0.29) is 5.91 Å². The highest BCUT2D eigenvalue weighted by Crippen LogP contribution is 2.26. The van der Waals surface area contributed by atoms with Crippen molar-refractivity contribution < 1.29 is 29.3 Å². The number of ether oxygens (including phenoxy) is 1. The molecule has 0 radical (unpaired) electrons. The number of benzene rings is 2. The number of aliphatic carboxylic acids is 2. The molecule has 0 spiro atoms. The van der Waals surface area contributed by atoms with Crippen molar-refractivity contribution >= 4 is 17.8 Å². The summed E-state index contributed by atoms with van der Waals surface area (Å²) in [6.45, 7) is 5.03. The second-order valence-corrected chi connectivity index (χ2v) is 8.74. The van der Waals surface area contributed by atoms with Gasteiger partial charge in [-0.05, 0) is 67.6 Å². The zero-order chi connectivity index (χ0) is 25.2. The Labute approximate surface area is 205 Å². The molecule has 8 nitrogen and oxygen atoms in total. The van der Waals surface area contributed by atoms with E-state index in [4.69, 9.17) is 14.9 Å². The third-order valence-electron chi connectivity index (χ3n) is 6.30. The quantitative estimate of drug-likeness (QED) is 0.558. The smallest absolute Gasteiger partial charge is 0.328 e. The molecule has 2 aromatic rings. The molecule has 1 saturated heterocycles. The highest BCUT2D eigenvalue weighted by molar-refractivity contribution is 5.98. The SMILES string of the molecule is COc1cccc(CCN2CCC(CN3Cc4ccccc4C3=O)CC2)c1.O=C(O)C=CC(=O)O. The van der Waals surface area contributed by atoms with Crippen LogP contribution in [0.3, 0.4) is 0 Å². The van der Waals surface area contributed by atoms with Gasteiger partial charge in [0.05, 0.1) is 7.11 Å². The number of carboxylic acid groups (broad SMARTS) is 2. The lowest BCUT2D eigenvalue weighted by atomic mass is 9.96. The molecule has 0 bridgehead atoms. The number of amides is 1. The zero-order valence-electron chi connectivity index (χ0n) is 19.9. The average molecular weight is 481 g/mol. The van der Waals surface area contributed by atoms with Gasteiger partial charge in [0.1, 0.15) is 5.75 Å². The van der Waals surface area contributed by atoms with Crippen LogP contribution in [-0.2, 0) is 22.6 Å². The first-order valence-corrected chi connectivity index (χ1v) is 11.7. The lowest BCUT2D eigenvalue weighted by molar-refractivity contribution is -0.134. The molecular formula is C27H32N2O6. The molecule has 1 fully saturated rings. The average Bonchev–Trinajstić information content (AvgIpc) is 3.18. The van der Waals surface area contributed by atoms with E-state index in [1.807, 2.05) is 29.2 Å². The number of nitrogens with zero attached hydrogens (tertiary/aromatic N) is 2. The number of carbonyl (C=O) groups excluding carboxylic acids is 1. The number of rotatable bonds is 8. The molecule has 0 saturated carbocycles. The van der Waals surface area contributed by atoms with Crippen LogP contribution < -0.4 is 4.74 Å². The summed E-state index contributed by atoms with van der Waals surface area (Å²) in [5.74, 6) is -0.746. The van der Waals surface area contributed by atoms with Gasteiger partial charge in [0.15, 0.2) is 0 Å². The maximum atomic E-state index is 12.6. The fourth-order valence-electron chi connectivity index (χ4n) is 4.42. The molecular weight excluding hydrogens is 448 g/mol. The number of fused-ring (bicyclic) bond motifs is 1. The van der Waals surface area contributed by atoms with Crippen LogP contribution in [0.5, 0.6) is 5.75 Å². The van der Waals surface area contributed by atoms with Gasteiger partial charge in [-0.1, -0.05) is 30.3 Å². The van der Waals surface area contributed by atoms with Crippen molar-refractivity contribution in [2.45, 2.75) is 25.8 Å². The first-order chi connectivity index (χ1) is 16.9. The van der Waals surface area contributed by atoms with Gasteiger partial charge in [-0.3, -0.25) is 4.79 Å². The molecule has 1 amide bonds. The Bertz CT molecular complexity index is 1040. The summed E-state index contributed by atoms with van der Waals surface area (Å²) in [5, 5.41) is 15.6. The minimum atomic E-state index is -1.26. The molecule has 2 aliphatic rings. The molecule has 2 N–H and O–H groups in total. The third kappa shape index (κ3) is 7.96. The van der Waals surface area contributed by atoms with Gasteiger partial charge in [0, 0.05) is 37.3 Å². The summed E-state index contributed by atoms with van der Waals surface area (Å²) in [5.41, 5.74) is 3.41. The van der Waals surface area contributed by atoms with Gasteiger partial charge in [0.25, 0.3) is 5.91 Å². The second-order valence-electron chi connectivity index (χ2n) is 8.74. The van der Waals surface area contributed by atoms with Crippen LogP contribution in [0.1, 0.15) is 34.3 Å². The van der Waals surface area contributed by atoms with E-state index in [2.05, 4.69) is 29.2 Å². The fourth-order valence-corrected chi connectivity index (χ4v) is 4.42. The van der Waals surface area contributed by atoms with E-state index in [9.17, 15) is 14.4 Å². The third-order valence-corrected chi connectivity index (χ3v) is 6.30. The lowest BCUT2D eigenvalue weighted by Gasteiger charge is -2.33. The first-order valence-electron chi connectivity index (χ1n) is 11.7. The minimum Gasteiger partial charge on any atom is -0.497 e. The monoisotopic (exact) mass is 480 g/mol. The van der Waals surface area contributed by atoms with Crippen LogP contribution >= 0.6 is 0 Å². The van der Waals surface area contributed by atoms with Crippen LogP contribution in [0.15, 0.2) is 60.7 Å². The summed E-state index contributed by atoms with van der Waals surface area (Å²) in [6, 6.07) is 16.4. The highest BCUT2D eigenvalue weighted by Gasteiger charge is 2.30. The number of likely N-dealkylation sites (tertiary alicyclic amines) is 1. The first kappa shape index (κ1) is 26.0. The van der Waals surface area contributed by atoms with Gasteiger partial charge in [0.2, 0.25) is 0 Å². The normalized spacial score (nSPS) is 16.0. The summed E-state index contributed by atoms with van der Waals surface area (Å²) in [6.07, 6.45) is 4.53. The Balaban J connectivity index is 0.000000371. The Morgan fingerprint density at radius 3 is 2.34 bits per heavy atom. The van der Waals surface area contributed by atoms with Gasteiger partial charge in [-0.25, -0.2) is 9.59 Å². The largest absolute Gasteiger partial charge is 0.497 e. The molecule has 8 heteroatoms. The second kappa shape index (κ2) is 12.7. The summed E-state index contributed by atoms with van der Waals surface area (Å²) < 4.78 is 5.31. The maximum Gasteiger partial charge on any atom is 0.328 e. The maximum absolute atomic E-state index is 12.6. The molecule has 0 aliphatic carbocycles. The molecule has 35 heavy (non-hydrogen) atoms. The van der Waals surface area contributed by atoms with Crippen molar-refractivity contribution in [2.24, 2.45) is 5.92 Å². The number of hydrogen-bond donors (Lipinski definition) is 2. The van der Waals surface area contributed by atoms with Gasteiger partial charge < -0.3 is 24.7 Å². The van der Waals surface area contributed by atoms with Gasteiger partial charge in [-0.2, -0.15) is 0 Å². The van der Waals surface area contributed by atoms with Crippen LogP contribution in [0.25, 0.3) is 0 Å². The van der Waals surface area contributed by atoms with Crippen molar-refractivity contribution in [3.8, 4) is 5.75 Å². The molecule has 2 heterocycles. The van der Waals surface area contributed by atoms with Crippen molar-refractivity contribution in [3.05, 3.63) is 77.4 Å². The molecule has 186 valence electrons. The number of carbonyl (C=O) groups is 3. The molecule has 0 atom stereocenters. The van der Waals surface area contributed by atoms with Crippen LogP contribution in [0.2, 0.25) is 0 Å². The Morgan fingerprint density at radius 1 is 1.03 bits per heavy atom. The topological polar surface area (TPSA) is 107 Å². The molecule has 2 aliphatic heterocycles. The molecule has 0 aromatic heterocycles. The molecule has 2 aromatic carbocycles. The Morgan fingerprint density at radius 2 is 1.71 bits per heavy atom. The van der Waals surface area contributed by atoms with E-state index in [1.54, 1.807) is 7.11 Å². The van der Waals surface area contributed by atoms with E-state index >= 15 is 0 Å². The van der Waals surface area contributed by atoms with E-state index < -0.39 is 11.9 Å². The number of piperidine rings is 1. The van der Waals surface area contributed by atoms with E-state index in [1.165, 1.54) is 24.0 Å². The molecule has 4 rings (SSSR count). The zero-order valence-corrected chi connectivity index (χ0v) is 19.9. The predicted octanol–water partition coefficient (Wildman–Crippen LogP) is 3.32. The van der Waals surface area contributed by atoms with Crippen LogP contribution in [0, 0.1) is 5.92 Å². The standard InChI is InChI=1S/C23H28N2O2.C4H4O4/c1-27-21-7-4-5-18(15-21)9-12-24-13-10-19(11-14-24)16-25-17-20-6-2-3-8-22(20)23(25)26;5-3(6)1-2-4(7)8/h2-8,15,19H,9-14,16-17H2,1H3;1-2H,(H,5,6)(H,7,8). The van der Waals surface area contributed by atoms with Crippen LogP contribution in [0.4, 0.5) is 0 Å². The number of methoxy groups -OCH3 is 1. The lowest BCUT2D eigenvalue weighted by Crippen LogP contribution is -2.39. The fraction of sp³-hybridized carbons (Fsp3) is 0.370. The highest BCUT2D eigenvalue weighted by atomic mass is 16.5. The van der Waals surface area contributed by atoms with Crippen molar-refractivity contribution in [3.63, 3.8) is 0 Å². The van der Waals surface area contributed by atoms with Gasteiger partial charge in [-0.15, -0.1) is 0 Å². The summed E-state index contributed by atoms with van der Waals surface area (Å²) in [4.78, 5) is 36.3. The number of carboxylic acids is 2. The van der Waals surface area contributed by atoms with E-state index in [0.29, 0.717) is 18.1 Å². The Hall–Kier alpha value is -3.65. The van der Waals surface area contributed by atoms with Gasteiger partial charge >= 0.3 is 11.9 Å². The van der Waals surface area contributed by atoms with Crippen molar-refractivity contribution in [1.82, 2.24) is 9.80 Å². The summed E-state index contributed by atoms with van der Waals surface area (Å²) in [7, 11) is 1.72. The van der Waals surface area contributed by atoms with Crippen LogP contribution in [-0.4, -0.2) is 71.1 Å². The number of hydrogen-bond acceptors (Lipinski definition) is 5.